The van der Waals surface area contributed by atoms with Crippen LogP contribution in [0.15, 0.2) is 18.2 Å². The zero-order valence-electron chi connectivity index (χ0n) is 14.3. The molecule has 0 spiro atoms. The maximum absolute atomic E-state index is 13.1. The van der Waals surface area contributed by atoms with Gasteiger partial charge in [-0.3, -0.25) is 24.5 Å². The molecule has 1 unspecified atom stereocenters. The number of rotatable bonds is 4. The van der Waals surface area contributed by atoms with Crippen molar-refractivity contribution < 1.29 is 19.2 Å². The Bertz CT molecular complexity index is 740. The number of piperidine rings is 1. The fourth-order valence-corrected chi connectivity index (χ4v) is 3.42. The van der Waals surface area contributed by atoms with Crippen molar-refractivity contribution in [2.75, 3.05) is 25.0 Å². The van der Waals surface area contributed by atoms with Gasteiger partial charge in [-0.2, -0.15) is 0 Å². The molecule has 2 aliphatic heterocycles. The molecule has 0 aromatic heterocycles. The molecule has 2 fully saturated rings. The van der Waals surface area contributed by atoms with E-state index in [1.807, 2.05) is 6.07 Å². The Morgan fingerprint density at radius 2 is 2.04 bits per heavy atom. The molecular formula is C18H21N3O4. The molecule has 132 valence electrons. The second-order valence-corrected chi connectivity index (χ2v) is 6.75. The Kier molecular flexibility index (Phi) is 4.57. The van der Waals surface area contributed by atoms with Crippen LogP contribution in [0.2, 0.25) is 0 Å². The Morgan fingerprint density at radius 1 is 1.32 bits per heavy atom. The van der Waals surface area contributed by atoms with E-state index in [1.165, 1.54) is 11.9 Å². The molecule has 1 aromatic carbocycles. The third kappa shape index (κ3) is 3.14. The van der Waals surface area contributed by atoms with Crippen LogP contribution >= 0.6 is 0 Å². The van der Waals surface area contributed by atoms with E-state index in [0.717, 1.165) is 13.1 Å². The van der Waals surface area contributed by atoms with Crippen LogP contribution in [0.25, 0.3) is 0 Å². The van der Waals surface area contributed by atoms with E-state index in [9.17, 15) is 19.2 Å². The summed E-state index contributed by atoms with van der Waals surface area (Å²) >= 11 is 0. The molecule has 3 amide bonds. The number of hydrogen-bond acceptors (Lipinski definition) is 5. The lowest BCUT2D eigenvalue weighted by Gasteiger charge is -2.41. The minimum absolute atomic E-state index is 0.194. The molecule has 3 rings (SSSR count). The molecule has 0 radical (unpaired) electrons. The van der Waals surface area contributed by atoms with E-state index < -0.39 is 11.9 Å². The molecule has 0 aliphatic carbocycles. The van der Waals surface area contributed by atoms with Crippen molar-refractivity contribution in [3.63, 3.8) is 0 Å². The minimum Gasteiger partial charge on any atom is -0.370 e. The number of benzene rings is 1. The number of imide groups is 1. The minimum atomic E-state index is -0.715. The highest BCUT2D eigenvalue weighted by Crippen LogP contribution is 2.31. The van der Waals surface area contributed by atoms with Crippen molar-refractivity contribution in [2.24, 2.45) is 5.92 Å². The fraction of sp³-hybridized carbons (Fsp3) is 0.444. The summed E-state index contributed by atoms with van der Waals surface area (Å²) in [7, 11) is 1.53. The molecular weight excluding hydrogens is 322 g/mol. The van der Waals surface area contributed by atoms with Gasteiger partial charge in [-0.15, -0.1) is 0 Å². The van der Waals surface area contributed by atoms with Crippen molar-refractivity contribution in [3.8, 4) is 0 Å². The number of likely N-dealkylation sites (N-methyl/N-ethyl adjacent to an activating group) is 1. The number of anilines is 1. The zero-order chi connectivity index (χ0) is 18.1. The van der Waals surface area contributed by atoms with Crippen LogP contribution in [-0.2, 0) is 9.59 Å². The smallest absolute Gasteiger partial charge is 0.257 e. The summed E-state index contributed by atoms with van der Waals surface area (Å²) < 4.78 is 0. The summed E-state index contributed by atoms with van der Waals surface area (Å²) in [5, 5.41) is 2.26. The normalized spacial score (nSPS) is 20.7. The van der Waals surface area contributed by atoms with Gasteiger partial charge in [0.15, 0.2) is 6.29 Å². The van der Waals surface area contributed by atoms with E-state index in [4.69, 9.17) is 0 Å². The molecule has 2 saturated heterocycles. The van der Waals surface area contributed by atoms with Gasteiger partial charge in [0.25, 0.3) is 5.91 Å². The Labute approximate surface area is 146 Å². The highest BCUT2D eigenvalue weighted by atomic mass is 16.2. The van der Waals surface area contributed by atoms with Gasteiger partial charge >= 0.3 is 0 Å². The largest absolute Gasteiger partial charge is 0.370 e. The van der Waals surface area contributed by atoms with Crippen molar-refractivity contribution in [1.82, 2.24) is 10.2 Å². The number of carbonyl (C=O) groups excluding carboxylic acids is 4. The van der Waals surface area contributed by atoms with Crippen LogP contribution in [0.3, 0.4) is 0 Å². The summed E-state index contributed by atoms with van der Waals surface area (Å²) in [5.41, 5.74) is 1.34. The van der Waals surface area contributed by atoms with E-state index in [-0.39, 0.29) is 24.7 Å². The molecule has 2 heterocycles. The summed E-state index contributed by atoms with van der Waals surface area (Å²) in [6.45, 7) is 3.77. The number of hydrogen-bond donors (Lipinski definition) is 1. The first-order valence-corrected chi connectivity index (χ1v) is 8.36. The quantitative estimate of drug-likeness (QED) is 0.646. The number of nitrogens with zero attached hydrogens (tertiary/aromatic N) is 2. The van der Waals surface area contributed by atoms with Gasteiger partial charge < -0.3 is 9.80 Å². The molecule has 7 heteroatoms. The molecule has 1 aromatic rings. The first-order valence-electron chi connectivity index (χ1n) is 8.36. The average molecular weight is 343 g/mol. The predicted molar refractivity (Wildman–Crippen MR) is 91.5 cm³/mol. The van der Waals surface area contributed by atoms with Gasteiger partial charge in [-0.1, -0.05) is 19.1 Å². The van der Waals surface area contributed by atoms with Gasteiger partial charge in [0.05, 0.1) is 11.3 Å². The fourth-order valence-electron chi connectivity index (χ4n) is 3.42. The summed E-state index contributed by atoms with van der Waals surface area (Å²) in [4.78, 5) is 51.3. The first-order chi connectivity index (χ1) is 11.9. The Morgan fingerprint density at radius 3 is 2.64 bits per heavy atom. The van der Waals surface area contributed by atoms with Gasteiger partial charge in [0, 0.05) is 32.1 Å². The topological polar surface area (TPSA) is 86.8 Å². The highest BCUT2D eigenvalue weighted by molar-refractivity contribution is 6.09. The summed E-state index contributed by atoms with van der Waals surface area (Å²) in [5.74, 6) is -0.650. The van der Waals surface area contributed by atoms with E-state index in [0.29, 0.717) is 29.0 Å². The number of carbonyl (C=O) groups is 4. The summed E-state index contributed by atoms with van der Waals surface area (Å²) in [6.07, 6.45) is 1.14. The molecule has 7 nitrogen and oxygen atoms in total. The van der Waals surface area contributed by atoms with Crippen molar-refractivity contribution in [3.05, 3.63) is 29.3 Å². The van der Waals surface area contributed by atoms with Crippen molar-refractivity contribution >= 4 is 29.7 Å². The van der Waals surface area contributed by atoms with Gasteiger partial charge in [0.2, 0.25) is 11.8 Å². The lowest BCUT2D eigenvalue weighted by Crippen LogP contribution is -2.53. The highest BCUT2D eigenvalue weighted by Gasteiger charge is 2.35. The van der Waals surface area contributed by atoms with Crippen LogP contribution in [0, 0.1) is 5.92 Å². The number of amides is 3. The monoisotopic (exact) mass is 343 g/mol. The van der Waals surface area contributed by atoms with Gasteiger partial charge in [0.1, 0.15) is 6.04 Å². The average Bonchev–Trinajstić information content (AvgIpc) is 2.57. The molecule has 0 bridgehead atoms. The van der Waals surface area contributed by atoms with Crippen LogP contribution in [0.4, 0.5) is 5.69 Å². The Hall–Kier alpha value is -2.70. The maximum atomic E-state index is 13.1. The third-order valence-electron chi connectivity index (χ3n) is 4.82. The van der Waals surface area contributed by atoms with E-state index in [2.05, 4.69) is 17.1 Å². The van der Waals surface area contributed by atoms with Crippen LogP contribution in [0.5, 0.6) is 0 Å². The molecule has 1 atom stereocenters. The number of nitrogens with one attached hydrogen (secondary N) is 1. The SMILES string of the molecule is CC1CN(c2cccc(C=O)c2C(=O)N(C)C2CCC(=O)NC2=O)C1. The van der Waals surface area contributed by atoms with Crippen molar-refractivity contribution in [1.29, 1.82) is 0 Å². The predicted octanol–water partition coefficient (Wildman–Crippen LogP) is 0.832. The molecule has 1 N–H and O–H groups in total. The third-order valence-corrected chi connectivity index (χ3v) is 4.82. The molecule has 0 saturated carbocycles. The standard InChI is InChI=1S/C18H21N3O4/c1-11-8-21(9-11)13-5-3-4-12(10-22)16(13)18(25)20(2)14-6-7-15(23)19-17(14)24/h3-5,10-11,14H,6-9H2,1-2H3,(H,19,23,24). The zero-order valence-corrected chi connectivity index (χ0v) is 14.3. The molecule has 25 heavy (non-hydrogen) atoms. The lowest BCUT2D eigenvalue weighted by molar-refractivity contribution is -0.136. The first kappa shape index (κ1) is 17.1. The van der Waals surface area contributed by atoms with Crippen molar-refractivity contribution in [2.45, 2.75) is 25.8 Å². The summed E-state index contributed by atoms with van der Waals surface area (Å²) in [6, 6.07) is 4.47. The molecule has 2 aliphatic rings. The number of aldehydes is 1. The maximum Gasteiger partial charge on any atom is 0.257 e. The lowest BCUT2D eigenvalue weighted by atomic mass is 9.96. The second-order valence-electron chi connectivity index (χ2n) is 6.75. The Balaban J connectivity index is 1.91. The van der Waals surface area contributed by atoms with E-state index >= 15 is 0 Å². The van der Waals surface area contributed by atoms with Crippen LogP contribution in [-0.4, -0.2) is 55.1 Å². The van der Waals surface area contributed by atoms with Crippen LogP contribution < -0.4 is 10.2 Å². The van der Waals surface area contributed by atoms with Gasteiger partial charge in [-0.05, 0) is 18.4 Å². The van der Waals surface area contributed by atoms with E-state index in [1.54, 1.807) is 12.1 Å². The van der Waals surface area contributed by atoms with Crippen LogP contribution in [0.1, 0.15) is 40.5 Å². The van der Waals surface area contributed by atoms with Gasteiger partial charge in [-0.25, -0.2) is 0 Å². The second kappa shape index (κ2) is 6.66.